The highest BCUT2D eigenvalue weighted by molar-refractivity contribution is 6.33. The number of amides is 1. The zero-order valence-electron chi connectivity index (χ0n) is 9.74. The molecule has 1 aromatic rings. The Bertz CT molecular complexity index is 396. The minimum atomic E-state index is -0.182. The number of benzene rings is 1. The largest absolute Gasteiger partial charge is 0.398 e. The second-order valence-corrected chi connectivity index (χ2v) is 4.38. The summed E-state index contributed by atoms with van der Waals surface area (Å²) >= 11 is 5.78. The van der Waals surface area contributed by atoms with Gasteiger partial charge in [-0.05, 0) is 38.0 Å². The van der Waals surface area contributed by atoms with Crippen molar-refractivity contribution in [1.29, 1.82) is 0 Å². The summed E-state index contributed by atoms with van der Waals surface area (Å²) in [4.78, 5) is 11.8. The Morgan fingerprint density at radius 3 is 2.88 bits per heavy atom. The molecule has 0 saturated carbocycles. The molecule has 4 nitrogen and oxygen atoms in total. The number of aliphatic hydroxyl groups excluding tert-OH is 1. The molecule has 0 spiro atoms. The van der Waals surface area contributed by atoms with Crippen LogP contribution in [0.15, 0.2) is 18.2 Å². The number of aliphatic hydroxyl groups is 1. The van der Waals surface area contributed by atoms with E-state index in [4.69, 9.17) is 22.4 Å². The fourth-order valence-corrected chi connectivity index (χ4v) is 1.58. The summed E-state index contributed by atoms with van der Waals surface area (Å²) in [7, 11) is 0. The monoisotopic (exact) mass is 256 g/mol. The van der Waals surface area contributed by atoms with E-state index in [1.165, 1.54) is 0 Å². The molecule has 0 aliphatic heterocycles. The van der Waals surface area contributed by atoms with Crippen molar-refractivity contribution in [3.8, 4) is 0 Å². The first-order valence-corrected chi connectivity index (χ1v) is 5.89. The van der Waals surface area contributed by atoms with Crippen molar-refractivity contribution in [2.24, 2.45) is 0 Å². The number of anilines is 1. The van der Waals surface area contributed by atoms with Crippen LogP contribution < -0.4 is 11.1 Å². The Balaban J connectivity index is 2.60. The fourth-order valence-electron chi connectivity index (χ4n) is 1.46. The van der Waals surface area contributed by atoms with Gasteiger partial charge in [-0.3, -0.25) is 4.79 Å². The highest BCUT2D eigenvalue weighted by atomic mass is 35.5. The summed E-state index contributed by atoms with van der Waals surface area (Å²) in [5, 5.41) is 12.0. The van der Waals surface area contributed by atoms with E-state index < -0.39 is 0 Å². The number of carbonyl (C=O) groups excluding carboxylic acids is 1. The summed E-state index contributed by atoms with van der Waals surface area (Å²) < 4.78 is 0. The number of carbonyl (C=O) groups is 1. The summed E-state index contributed by atoms with van der Waals surface area (Å²) in [5.41, 5.74) is 6.50. The third-order valence-electron chi connectivity index (χ3n) is 2.43. The molecule has 1 atom stereocenters. The molecular formula is C12H17ClN2O2. The molecule has 0 fully saturated rings. The lowest BCUT2D eigenvalue weighted by atomic mass is 10.1. The van der Waals surface area contributed by atoms with E-state index in [2.05, 4.69) is 5.32 Å². The lowest BCUT2D eigenvalue weighted by molar-refractivity contribution is 0.0936. The van der Waals surface area contributed by atoms with Crippen LogP contribution in [0.25, 0.3) is 0 Å². The van der Waals surface area contributed by atoms with Gasteiger partial charge in [0.05, 0.1) is 10.7 Å². The molecule has 1 rings (SSSR count). The van der Waals surface area contributed by atoms with Crippen LogP contribution >= 0.6 is 11.6 Å². The van der Waals surface area contributed by atoms with Gasteiger partial charge in [-0.15, -0.1) is 0 Å². The summed E-state index contributed by atoms with van der Waals surface area (Å²) in [6.07, 6.45) is 1.41. The average Bonchev–Trinajstić information content (AvgIpc) is 2.30. The Morgan fingerprint density at radius 2 is 2.29 bits per heavy atom. The normalized spacial score (nSPS) is 12.2. The van der Waals surface area contributed by atoms with E-state index in [0.29, 0.717) is 22.7 Å². The lowest BCUT2D eigenvalue weighted by Gasteiger charge is -2.13. The number of nitrogen functional groups attached to an aromatic ring is 1. The van der Waals surface area contributed by atoms with Crippen molar-refractivity contribution >= 4 is 23.2 Å². The predicted molar refractivity (Wildman–Crippen MR) is 69.1 cm³/mol. The second kappa shape index (κ2) is 6.47. The van der Waals surface area contributed by atoms with Gasteiger partial charge < -0.3 is 16.2 Å². The summed E-state index contributed by atoms with van der Waals surface area (Å²) in [5.74, 6) is -0.182. The Morgan fingerprint density at radius 1 is 1.59 bits per heavy atom. The first-order valence-electron chi connectivity index (χ1n) is 5.51. The molecule has 0 saturated heterocycles. The number of nitrogens with one attached hydrogen (secondary N) is 1. The maximum atomic E-state index is 11.8. The van der Waals surface area contributed by atoms with Gasteiger partial charge >= 0.3 is 0 Å². The first kappa shape index (κ1) is 13.8. The molecule has 1 aromatic carbocycles. The lowest BCUT2D eigenvalue weighted by Crippen LogP contribution is -2.32. The third-order valence-corrected chi connectivity index (χ3v) is 2.78. The van der Waals surface area contributed by atoms with E-state index in [9.17, 15) is 4.79 Å². The van der Waals surface area contributed by atoms with Gasteiger partial charge in [0, 0.05) is 18.2 Å². The molecule has 1 amide bonds. The molecule has 0 aromatic heterocycles. The average molecular weight is 257 g/mol. The first-order chi connectivity index (χ1) is 8.04. The van der Waals surface area contributed by atoms with Crippen molar-refractivity contribution in [2.45, 2.75) is 25.8 Å². The number of hydrogen-bond acceptors (Lipinski definition) is 3. The standard InChI is InChI=1S/C12H17ClN2O2/c1-8(3-2-6-16)15-12(17)9-4-5-10(13)11(14)7-9/h4-5,7-8,16H,2-3,6,14H2,1H3,(H,15,17). The molecule has 0 bridgehead atoms. The fraction of sp³-hybridized carbons (Fsp3) is 0.417. The highest BCUT2D eigenvalue weighted by Gasteiger charge is 2.10. The van der Waals surface area contributed by atoms with Crippen molar-refractivity contribution < 1.29 is 9.90 Å². The van der Waals surface area contributed by atoms with Crippen LogP contribution in [0.5, 0.6) is 0 Å². The van der Waals surface area contributed by atoms with Crippen molar-refractivity contribution in [3.63, 3.8) is 0 Å². The number of nitrogens with two attached hydrogens (primary N) is 1. The highest BCUT2D eigenvalue weighted by Crippen LogP contribution is 2.19. The Hall–Kier alpha value is -1.26. The molecule has 17 heavy (non-hydrogen) atoms. The van der Waals surface area contributed by atoms with Gasteiger partial charge in [0.2, 0.25) is 0 Å². The minimum Gasteiger partial charge on any atom is -0.398 e. The summed E-state index contributed by atoms with van der Waals surface area (Å²) in [6.45, 7) is 2.03. The van der Waals surface area contributed by atoms with E-state index in [-0.39, 0.29) is 18.6 Å². The molecule has 94 valence electrons. The van der Waals surface area contributed by atoms with Gasteiger partial charge in [0.1, 0.15) is 0 Å². The summed E-state index contributed by atoms with van der Waals surface area (Å²) in [6, 6.07) is 4.81. The number of hydrogen-bond donors (Lipinski definition) is 3. The van der Waals surface area contributed by atoms with Crippen LogP contribution in [-0.4, -0.2) is 23.7 Å². The van der Waals surface area contributed by atoms with Crippen LogP contribution in [0.1, 0.15) is 30.1 Å². The van der Waals surface area contributed by atoms with E-state index in [1.807, 2.05) is 6.92 Å². The van der Waals surface area contributed by atoms with Crippen molar-refractivity contribution in [1.82, 2.24) is 5.32 Å². The maximum Gasteiger partial charge on any atom is 0.251 e. The zero-order valence-corrected chi connectivity index (χ0v) is 10.5. The quantitative estimate of drug-likeness (QED) is 0.704. The van der Waals surface area contributed by atoms with Gasteiger partial charge in [0.25, 0.3) is 5.91 Å². The van der Waals surface area contributed by atoms with Crippen LogP contribution in [0.2, 0.25) is 5.02 Å². The predicted octanol–water partition coefficient (Wildman–Crippen LogP) is 1.81. The van der Waals surface area contributed by atoms with Crippen LogP contribution in [0.3, 0.4) is 0 Å². The Labute approximate surface area is 106 Å². The van der Waals surface area contributed by atoms with Gasteiger partial charge in [0.15, 0.2) is 0 Å². The SMILES string of the molecule is CC(CCCO)NC(=O)c1ccc(Cl)c(N)c1. The smallest absolute Gasteiger partial charge is 0.251 e. The van der Waals surface area contributed by atoms with Crippen molar-refractivity contribution in [2.75, 3.05) is 12.3 Å². The molecule has 1 unspecified atom stereocenters. The molecule has 5 heteroatoms. The second-order valence-electron chi connectivity index (χ2n) is 3.98. The Kier molecular flexibility index (Phi) is 5.25. The molecule has 0 radical (unpaired) electrons. The van der Waals surface area contributed by atoms with Gasteiger partial charge in [-0.25, -0.2) is 0 Å². The molecule has 0 aliphatic carbocycles. The van der Waals surface area contributed by atoms with Gasteiger partial charge in [-0.1, -0.05) is 11.6 Å². The number of halogens is 1. The van der Waals surface area contributed by atoms with Crippen LogP contribution in [0, 0.1) is 0 Å². The topological polar surface area (TPSA) is 75.3 Å². The van der Waals surface area contributed by atoms with Crippen LogP contribution in [0.4, 0.5) is 5.69 Å². The van der Waals surface area contributed by atoms with Gasteiger partial charge in [-0.2, -0.15) is 0 Å². The molecule has 0 heterocycles. The maximum absolute atomic E-state index is 11.8. The van der Waals surface area contributed by atoms with E-state index in [1.54, 1.807) is 18.2 Å². The van der Waals surface area contributed by atoms with Crippen LogP contribution in [-0.2, 0) is 0 Å². The zero-order chi connectivity index (χ0) is 12.8. The number of rotatable bonds is 5. The van der Waals surface area contributed by atoms with Crippen molar-refractivity contribution in [3.05, 3.63) is 28.8 Å². The molecule has 0 aliphatic rings. The molecular weight excluding hydrogens is 240 g/mol. The minimum absolute atomic E-state index is 0.0200. The molecule has 4 N–H and O–H groups in total. The van der Waals surface area contributed by atoms with E-state index >= 15 is 0 Å². The van der Waals surface area contributed by atoms with E-state index in [0.717, 1.165) is 6.42 Å². The third kappa shape index (κ3) is 4.24.